The molecule has 1 heterocycles. The van der Waals surface area contributed by atoms with E-state index in [1.165, 1.54) is 11.6 Å². The number of hydrogen-bond donors (Lipinski definition) is 1. The van der Waals surface area contributed by atoms with Crippen molar-refractivity contribution in [2.75, 3.05) is 7.11 Å². The van der Waals surface area contributed by atoms with Gasteiger partial charge in [-0.05, 0) is 42.9 Å². The summed E-state index contributed by atoms with van der Waals surface area (Å²) in [5.74, 6) is -0.229. The number of fused-ring (bicyclic) bond motifs is 1. The summed E-state index contributed by atoms with van der Waals surface area (Å²) in [6, 6.07) is 3.36. The van der Waals surface area contributed by atoms with Crippen molar-refractivity contribution in [1.82, 2.24) is 5.16 Å². The molecular weight excluding hydrogens is 306 g/mol. The molecule has 1 aliphatic carbocycles. The summed E-state index contributed by atoms with van der Waals surface area (Å²) >= 11 is 6.34. The average Bonchev–Trinajstić information content (AvgIpc) is 2.86. The minimum absolute atomic E-state index is 0.126. The van der Waals surface area contributed by atoms with E-state index in [0.29, 0.717) is 16.5 Å². The number of halogens is 1. The molecule has 0 amide bonds. The van der Waals surface area contributed by atoms with E-state index in [1.807, 2.05) is 6.07 Å². The third-order valence-electron chi connectivity index (χ3n) is 3.99. The SMILES string of the molecule is COc1c(Cl)cc2c(c1-c1cc(C(=O)O)no1)CCCCC2. The second-order valence-corrected chi connectivity index (χ2v) is 5.75. The van der Waals surface area contributed by atoms with E-state index < -0.39 is 5.97 Å². The van der Waals surface area contributed by atoms with E-state index in [9.17, 15) is 4.79 Å². The lowest BCUT2D eigenvalue weighted by molar-refractivity contribution is 0.0686. The van der Waals surface area contributed by atoms with Crippen molar-refractivity contribution < 1.29 is 19.2 Å². The van der Waals surface area contributed by atoms with Crippen LogP contribution in [0.4, 0.5) is 0 Å². The van der Waals surface area contributed by atoms with Gasteiger partial charge in [-0.25, -0.2) is 4.79 Å². The largest absolute Gasteiger partial charge is 0.494 e. The number of nitrogens with zero attached hydrogens (tertiary/aromatic N) is 1. The summed E-state index contributed by atoms with van der Waals surface area (Å²) in [6.45, 7) is 0. The molecule has 0 fully saturated rings. The minimum atomic E-state index is -1.12. The molecule has 0 saturated carbocycles. The van der Waals surface area contributed by atoms with E-state index in [4.69, 9.17) is 26.0 Å². The Morgan fingerprint density at radius 2 is 2.09 bits per heavy atom. The Morgan fingerprint density at radius 3 is 2.77 bits per heavy atom. The van der Waals surface area contributed by atoms with Crippen LogP contribution in [0, 0.1) is 0 Å². The van der Waals surface area contributed by atoms with Crippen molar-refractivity contribution in [1.29, 1.82) is 0 Å². The van der Waals surface area contributed by atoms with Gasteiger partial charge in [0.15, 0.2) is 11.5 Å². The molecule has 0 radical (unpaired) electrons. The smallest absolute Gasteiger partial charge is 0.358 e. The number of rotatable bonds is 3. The summed E-state index contributed by atoms with van der Waals surface area (Å²) in [6.07, 6.45) is 5.19. The van der Waals surface area contributed by atoms with Gasteiger partial charge in [0, 0.05) is 6.07 Å². The molecule has 1 aromatic heterocycles. The molecule has 1 aliphatic rings. The van der Waals surface area contributed by atoms with Crippen LogP contribution in [0.5, 0.6) is 5.75 Å². The number of methoxy groups -OCH3 is 1. The van der Waals surface area contributed by atoms with Crippen LogP contribution in [0.1, 0.15) is 40.9 Å². The molecular formula is C16H16ClNO4. The Kier molecular flexibility index (Phi) is 4.07. The predicted octanol–water partition coefficient (Wildman–Crippen LogP) is 3.97. The van der Waals surface area contributed by atoms with E-state index in [1.54, 1.807) is 7.11 Å². The number of aryl methyl sites for hydroxylation is 1. The van der Waals surface area contributed by atoms with Gasteiger partial charge in [0.1, 0.15) is 5.75 Å². The topological polar surface area (TPSA) is 72.6 Å². The van der Waals surface area contributed by atoms with Crippen LogP contribution >= 0.6 is 11.6 Å². The molecule has 1 aromatic carbocycles. The zero-order chi connectivity index (χ0) is 15.7. The van der Waals surface area contributed by atoms with E-state index in [0.717, 1.165) is 43.2 Å². The van der Waals surface area contributed by atoms with Gasteiger partial charge < -0.3 is 14.4 Å². The van der Waals surface area contributed by atoms with Crippen molar-refractivity contribution in [3.8, 4) is 17.1 Å². The highest BCUT2D eigenvalue weighted by Gasteiger charge is 2.24. The van der Waals surface area contributed by atoms with Crippen molar-refractivity contribution in [2.45, 2.75) is 32.1 Å². The lowest BCUT2D eigenvalue weighted by Crippen LogP contribution is -1.99. The predicted molar refractivity (Wildman–Crippen MR) is 81.7 cm³/mol. The van der Waals surface area contributed by atoms with Gasteiger partial charge in [0.05, 0.1) is 17.7 Å². The van der Waals surface area contributed by atoms with Crippen LogP contribution in [0.2, 0.25) is 5.02 Å². The van der Waals surface area contributed by atoms with E-state index in [2.05, 4.69) is 5.16 Å². The van der Waals surface area contributed by atoms with Crippen molar-refractivity contribution in [3.63, 3.8) is 0 Å². The lowest BCUT2D eigenvalue weighted by atomic mass is 9.94. The Morgan fingerprint density at radius 1 is 1.32 bits per heavy atom. The second-order valence-electron chi connectivity index (χ2n) is 5.35. The molecule has 5 nitrogen and oxygen atoms in total. The number of carboxylic acids is 1. The molecule has 0 bridgehead atoms. The molecule has 0 aliphatic heterocycles. The summed E-state index contributed by atoms with van der Waals surface area (Å²) in [5, 5.41) is 13.1. The lowest BCUT2D eigenvalue weighted by Gasteiger charge is -2.16. The molecule has 3 rings (SSSR count). The minimum Gasteiger partial charge on any atom is -0.494 e. The average molecular weight is 322 g/mol. The van der Waals surface area contributed by atoms with Gasteiger partial charge in [-0.15, -0.1) is 0 Å². The Bertz CT molecular complexity index is 723. The molecule has 2 aromatic rings. The van der Waals surface area contributed by atoms with Crippen molar-refractivity contribution in [2.24, 2.45) is 0 Å². The van der Waals surface area contributed by atoms with Crippen LogP contribution in [0.25, 0.3) is 11.3 Å². The molecule has 22 heavy (non-hydrogen) atoms. The van der Waals surface area contributed by atoms with Crippen LogP contribution in [0.3, 0.4) is 0 Å². The second kappa shape index (κ2) is 6.01. The first-order chi connectivity index (χ1) is 10.6. The maximum absolute atomic E-state index is 11.0. The third-order valence-corrected chi connectivity index (χ3v) is 4.27. The molecule has 0 atom stereocenters. The van der Waals surface area contributed by atoms with E-state index in [-0.39, 0.29) is 5.69 Å². The van der Waals surface area contributed by atoms with E-state index >= 15 is 0 Å². The van der Waals surface area contributed by atoms with Crippen molar-refractivity contribution >= 4 is 17.6 Å². The number of carboxylic acid groups (broad SMARTS) is 1. The number of aromatic nitrogens is 1. The Hall–Kier alpha value is -2.01. The van der Waals surface area contributed by atoms with Crippen LogP contribution in [-0.2, 0) is 12.8 Å². The Balaban J connectivity index is 2.22. The first kappa shape index (κ1) is 14.9. The molecule has 0 unspecified atom stereocenters. The van der Waals surface area contributed by atoms with Crippen LogP contribution in [-0.4, -0.2) is 23.3 Å². The number of benzene rings is 1. The summed E-state index contributed by atoms with van der Waals surface area (Å²) < 4.78 is 10.7. The highest BCUT2D eigenvalue weighted by atomic mass is 35.5. The molecule has 6 heteroatoms. The fourth-order valence-corrected chi connectivity index (χ4v) is 3.28. The molecule has 0 spiro atoms. The van der Waals surface area contributed by atoms with Crippen LogP contribution in [0.15, 0.2) is 16.7 Å². The van der Waals surface area contributed by atoms with Crippen molar-refractivity contribution in [3.05, 3.63) is 34.0 Å². The molecule has 116 valence electrons. The van der Waals surface area contributed by atoms with Gasteiger partial charge in [0.25, 0.3) is 0 Å². The quantitative estimate of drug-likeness (QED) is 0.866. The summed E-state index contributed by atoms with van der Waals surface area (Å²) in [7, 11) is 1.54. The maximum atomic E-state index is 11.0. The normalized spacial score (nSPS) is 14.3. The summed E-state index contributed by atoms with van der Waals surface area (Å²) in [5.41, 5.74) is 2.89. The standard InChI is InChI=1S/C16H16ClNO4/c1-21-15-11(17)7-9-5-3-2-4-6-10(9)14(15)13-8-12(16(19)20)18-22-13/h7-8H,2-6H2,1H3,(H,19,20). The van der Waals surface area contributed by atoms with Crippen LogP contribution < -0.4 is 4.74 Å². The fraction of sp³-hybridized carbons (Fsp3) is 0.375. The third kappa shape index (κ3) is 2.57. The fourth-order valence-electron chi connectivity index (χ4n) is 2.98. The van der Waals surface area contributed by atoms with Gasteiger partial charge in [-0.3, -0.25) is 0 Å². The zero-order valence-electron chi connectivity index (χ0n) is 12.2. The summed E-state index contributed by atoms with van der Waals surface area (Å²) in [4.78, 5) is 11.0. The Labute approximate surface area is 132 Å². The number of hydrogen-bond acceptors (Lipinski definition) is 4. The van der Waals surface area contributed by atoms with Gasteiger partial charge in [-0.1, -0.05) is 23.2 Å². The molecule has 1 N–H and O–H groups in total. The first-order valence-corrected chi connectivity index (χ1v) is 7.58. The van der Waals surface area contributed by atoms with Gasteiger partial charge in [-0.2, -0.15) is 0 Å². The van der Waals surface area contributed by atoms with Gasteiger partial charge in [0.2, 0.25) is 0 Å². The monoisotopic (exact) mass is 321 g/mol. The number of ether oxygens (including phenoxy) is 1. The zero-order valence-corrected chi connectivity index (χ0v) is 12.9. The highest BCUT2D eigenvalue weighted by molar-refractivity contribution is 6.32. The number of aromatic carboxylic acids is 1. The van der Waals surface area contributed by atoms with Gasteiger partial charge >= 0.3 is 5.97 Å². The number of carbonyl (C=O) groups is 1. The highest BCUT2D eigenvalue weighted by Crippen LogP contribution is 2.43. The maximum Gasteiger partial charge on any atom is 0.358 e. The first-order valence-electron chi connectivity index (χ1n) is 7.20. The molecule has 0 saturated heterocycles.